The van der Waals surface area contributed by atoms with Crippen LogP contribution in [0, 0.1) is 5.92 Å². The number of hydrogen-bond donors (Lipinski definition) is 3. The minimum atomic E-state index is 0.307. The molecule has 5 N–H and O–H groups in total. The van der Waals surface area contributed by atoms with Crippen LogP contribution in [0.5, 0.6) is 0 Å². The summed E-state index contributed by atoms with van der Waals surface area (Å²) in [5.41, 5.74) is 16.5. The predicted molar refractivity (Wildman–Crippen MR) is 105 cm³/mol. The van der Waals surface area contributed by atoms with Gasteiger partial charge in [0.05, 0.1) is 17.6 Å². The number of H-pyrrole nitrogens is 1. The fourth-order valence-electron chi connectivity index (χ4n) is 3.64. The van der Waals surface area contributed by atoms with Gasteiger partial charge in [-0.25, -0.2) is 15.0 Å². The van der Waals surface area contributed by atoms with Crippen LogP contribution in [0.25, 0.3) is 22.3 Å². The van der Waals surface area contributed by atoms with Crippen LogP contribution in [-0.2, 0) is 6.42 Å². The number of nitrogens with zero attached hydrogens (tertiary/aromatic N) is 4. The molecule has 0 aliphatic carbocycles. The van der Waals surface area contributed by atoms with Gasteiger partial charge in [-0.3, -0.25) is 0 Å². The zero-order valence-corrected chi connectivity index (χ0v) is 15.1. The van der Waals surface area contributed by atoms with Gasteiger partial charge in [0.25, 0.3) is 0 Å². The summed E-state index contributed by atoms with van der Waals surface area (Å²) < 4.78 is 0. The van der Waals surface area contributed by atoms with Crippen LogP contribution in [0.2, 0.25) is 0 Å². The van der Waals surface area contributed by atoms with Crippen LogP contribution >= 0.6 is 0 Å². The van der Waals surface area contributed by atoms with Crippen LogP contribution in [0.15, 0.2) is 24.5 Å². The van der Waals surface area contributed by atoms with Crippen LogP contribution in [0.1, 0.15) is 25.5 Å². The molecule has 0 saturated carbocycles. The molecule has 0 atom stereocenters. The Labute approximate surface area is 152 Å². The van der Waals surface area contributed by atoms with Crippen molar-refractivity contribution in [1.82, 2.24) is 19.9 Å². The van der Waals surface area contributed by atoms with Crippen LogP contribution in [0.4, 0.5) is 11.6 Å². The third-order valence-corrected chi connectivity index (χ3v) is 5.26. The molecule has 4 rings (SSSR count). The standard InChI is InChI=1S/C19H25N7/c1-2-13-7-17(25-19(21)24-13)16-11-23-18-15(16)8-14(10-22-18)26-5-3-12(9-20)4-6-26/h7-8,10-12H,2-6,9,20H2,1H3,(H,22,23)(H2,21,24,25). The van der Waals surface area contributed by atoms with Gasteiger partial charge in [0.15, 0.2) is 0 Å². The number of nitrogens with one attached hydrogen (secondary N) is 1. The molecule has 1 fully saturated rings. The molecule has 7 heteroatoms. The molecule has 0 aromatic carbocycles. The second kappa shape index (κ2) is 6.92. The van der Waals surface area contributed by atoms with Gasteiger partial charge in [-0.15, -0.1) is 0 Å². The first kappa shape index (κ1) is 16.8. The van der Waals surface area contributed by atoms with E-state index in [0.717, 1.165) is 72.6 Å². The van der Waals surface area contributed by atoms with E-state index in [1.807, 2.05) is 18.5 Å². The number of hydrogen-bond acceptors (Lipinski definition) is 6. The average Bonchev–Trinajstić information content (AvgIpc) is 3.10. The number of nitrogen functional groups attached to an aromatic ring is 1. The third-order valence-electron chi connectivity index (χ3n) is 5.26. The summed E-state index contributed by atoms with van der Waals surface area (Å²) in [5.74, 6) is 0.948. The second-order valence-corrected chi connectivity index (χ2v) is 6.91. The molecule has 0 amide bonds. The first-order chi connectivity index (χ1) is 12.7. The molecular formula is C19H25N7. The topological polar surface area (TPSA) is 110 Å². The monoisotopic (exact) mass is 351 g/mol. The molecule has 0 spiro atoms. The van der Waals surface area contributed by atoms with Gasteiger partial charge in [0, 0.05) is 35.9 Å². The number of aromatic nitrogens is 4. The number of rotatable bonds is 4. The lowest BCUT2D eigenvalue weighted by Crippen LogP contribution is -2.36. The normalized spacial score (nSPS) is 15.7. The number of anilines is 2. The Kier molecular flexibility index (Phi) is 4.46. The molecule has 1 aliphatic heterocycles. The van der Waals surface area contributed by atoms with Gasteiger partial charge in [0.1, 0.15) is 5.65 Å². The highest BCUT2D eigenvalue weighted by Gasteiger charge is 2.19. The number of aromatic amines is 1. The molecule has 3 aromatic rings. The van der Waals surface area contributed by atoms with Gasteiger partial charge in [-0.1, -0.05) is 6.92 Å². The number of fused-ring (bicyclic) bond motifs is 1. The van der Waals surface area contributed by atoms with Crippen LogP contribution in [-0.4, -0.2) is 39.6 Å². The van der Waals surface area contributed by atoms with Crippen molar-refractivity contribution in [3.05, 3.63) is 30.2 Å². The highest BCUT2D eigenvalue weighted by atomic mass is 15.1. The van der Waals surface area contributed by atoms with Crippen molar-refractivity contribution in [2.75, 3.05) is 30.3 Å². The molecule has 7 nitrogen and oxygen atoms in total. The van der Waals surface area contributed by atoms with E-state index in [-0.39, 0.29) is 0 Å². The molecule has 0 radical (unpaired) electrons. The maximum atomic E-state index is 5.89. The molecule has 4 heterocycles. The van der Waals surface area contributed by atoms with E-state index in [2.05, 4.69) is 37.8 Å². The minimum Gasteiger partial charge on any atom is -0.370 e. The van der Waals surface area contributed by atoms with Gasteiger partial charge < -0.3 is 21.4 Å². The summed E-state index contributed by atoms with van der Waals surface area (Å²) in [6, 6.07) is 4.19. The zero-order chi connectivity index (χ0) is 18.1. The summed E-state index contributed by atoms with van der Waals surface area (Å²) in [6.45, 7) is 4.89. The first-order valence-corrected chi connectivity index (χ1v) is 9.24. The number of piperidine rings is 1. The molecule has 3 aromatic heterocycles. The molecule has 26 heavy (non-hydrogen) atoms. The predicted octanol–water partition coefficient (Wildman–Crippen LogP) is 2.34. The van der Waals surface area contributed by atoms with Gasteiger partial charge >= 0.3 is 0 Å². The Morgan fingerprint density at radius 2 is 2.04 bits per heavy atom. The maximum absolute atomic E-state index is 5.89. The van der Waals surface area contributed by atoms with Crippen molar-refractivity contribution in [2.24, 2.45) is 11.7 Å². The van der Waals surface area contributed by atoms with E-state index in [0.29, 0.717) is 11.9 Å². The highest BCUT2D eigenvalue weighted by molar-refractivity contribution is 5.94. The summed E-state index contributed by atoms with van der Waals surface area (Å²) >= 11 is 0. The zero-order valence-electron chi connectivity index (χ0n) is 15.1. The Morgan fingerprint density at radius 1 is 1.23 bits per heavy atom. The molecular weight excluding hydrogens is 326 g/mol. The van der Waals surface area contributed by atoms with E-state index in [9.17, 15) is 0 Å². The van der Waals surface area contributed by atoms with E-state index in [1.165, 1.54) is 0 Å². The Balaban J connectivity index is 1.70. The van der Waals surface area contributed by atoms with Gasteiger partial charge in [-0.2, -0.15) is 0 Å². The van der Waals surface area contributed by atoms with Crippen molar-refractivity contribution < 1.29 is 0 Å². The lowest BCUT2D eigenvalue weighted by Gasteiger charge is -2.32. The van der Waals surface area contributed by atoms with Crippen molar-refractivity contribution >= 4 is 22.7 Å². The molecule has 1 aliphatic rings. The number of nitrogens with two attached hydrogens (primary N) is 2. The van der Waals surface area contributed by atoms with E-state index in [4.69, 9.17) is 11.5 Å². The molecule has 0 unspecified atom stereocenters. The highest BCUT2D eigenvalue weighted by Crippen LogP contribution is 2.31. The second-order valence-electron chi connectivity index (χ2n) is 6.91. The summed E-state index contributed by atoms with van der Waals surface area (Å²) in [5, 5.41) is 1.06. The fraction of sp³-hybridized carbons (Fsp3) is 0.421. The summed E-state index contributed by atoms with van der Waals surface area (Å²) in [4.78, 5) is 18.9. The average molecular weight is 351 g/mol. The van der Waals surface area contributed by atoms with Crippen molar-refractivity contribution in [2.45, 2.75) is 26.2 Å². The number of aryl methyl sites for hydroxylation is 1. The summed E-state index contributed by atoms with van der Waals surface area (Å²) in [6.07, 6.45) is 6.98. The smallest absolute Gasteiger partial charge is 0.220 e. The fourth-order valence-corrected chi connectivity index (χ4v) is 3.64. The van der Waals surface area contributed by atoms with Crippen LogP contribution in [0.3, 0.4) is 0 Å². The minimum absolute atomic E-state index is 0.307. The first-order valence-electron chi connectivity index (χ1n) is 9.24. The van der Waals surface area contributed by atoms with Crippen molar-refractivity contribution in [3.8, 4) is 11.3 Å². The maximum Gasteiger partial charge on any atom is 0.220 e. The van der Waals surface area contributed by atoms with Crippen molar-refractivity contribution in [3.63, 3.8) is 0 Å². The Bertz CT molecular complexity index is 909. The third kappa shape index (κ3) is 3.10. The van der Waals surface area contributed by atoms with Crippen molar-refractivity contribution in [1.29, 1.82) is 0 Å². The summed E-state index contributed by atoms with van der Waals surface area (Å²) in [7, 11) is 0. The lowest BCUT2D eigenvalue weighted by molar-refractivity contribution is 0.414. The van der Waals surface area contributed by atoms with Crippen LogP contribution < -0.4 is 16.4 Å². The quantitative estimate of drug-likeness (QED) is 0.665. The van der Waals surface area contributed by atoms with Gasteiger partial charge in [0.2, 0.25) is 5.95 Å². The molecule has 1 saturated heterocycles. The van der Waals surface area contributed by atoms with E-state index >= 15 is 0 Å². The molecule has 0 bridgehead atoms. The Morgan fingerprint density at radius 3 is 2.77 bits per heavy atom. The SMILES string of the molecule is CCc1cc(-c2c[nH]c3ncc(N4CCC(CN)CC4)cc23)nc(N)n1. The molecule has 136 valence electrons. The van der Waals surface area contributed by atoms with E-state index < -0.39 is 0 Å². The number of pyridine rings is 1. The van der Waals surface area contributed by atoms with Gasteiger partial charge in [-0.05, 0) is 43.9 Å². The lowest BCUT2D eigenvalue weighted by atomic mass is 9.97. The largest absolute Gasteiger partial charge is 0.370 e. The van der Waals surface area contributed by atoms with E-state index in [1.54, 1.807) is 0 Å². The Hall–Kier alpha value is -2.67.